The standard InChI is InChI=1S/C18H20ClNO2.BrH/c19-15-3-1-2-13(8-15)18(22)11-20-16-6-4-12-5-7-17(21)10-14(12)9-16;/h1-3,5,7-8,10,16,18,20-22H,4,6,9,11H2;1H. The smallest absolute Gasteiger partial charge is 0.115 e. The summed E-state index contributed by atoms with van der Waals surface area (Å²) in [6.07, 6.45) is 2.36. The largest absolute Gasteiger partial charge is 0.508 e. The van der Waals surface area contributed by atoms with E-state index in [4.69, 9.17) is 11.6 Å². The molecule has 1 aliphatic carbocycles. The zero-order valence-corrected chi connectivity index (χ0v) is 15.2. The van der Waals surface area contributed by atoms with E-state index in [0.717, 1.165) is 24.8 Å². The van der Waals surface area contributed by atoms with Gasteiger partial charge in [0, 0.05) is 17.6 Å². The topological polar surface area (TPSA) is 52.5 Å². The van der Waals surface area contributed by atoms with Gasteiger partial charge in [0.2, 0.25) is 0 Å². The van der Waals surface area contributed by atoms with Crippen molar-refractivity contribution in [1.29, 1.82) is 0 Å². The number of aliphatic hydroxyl groups excluding tert-OH is 1. The van der Waals surface area contributed by atoms with E-state index in [-0.39, 0.29) is 17.0 Å². The molecule has 0 radical (unpaired) electrons. The Balaban J connectivity index is 0.00000192. The van der Waals surface area contributed by atoms with Gasteiger partial charge < -0.3 is 15.5 Å². The normalized spacial score (nSPS) is 17.9. The lowest BCUT2D eigenvalue weighted by Gasteiger charge is -2.26. The molecule has 3 N–H and O–H groups in total. The molecule has 2 unspecified atom stereocenters. The van der Waals surface area contributed by atoms with Crippen molar-refractivity contribution in [3.05, 3.63) is 64.2 Å². The number of aryl methyl sites for hydroxylation is 1. The fraction of sp³-hybridized carbons (Fsp3) is 0.333. The molecular formula is C18H21BrClNO2. The Labute approximate surface area is 152 Å². The first kappa shape index (κ1) is 18.3. The molecule has 0 saturated heterocycles. The van der Waals surface area contributed by atoms with E-state index in [1.165, 1.54) is 11.1 Å². The highest BCUT2D eigenvalue weighted by molar-refractivity contribution is 8.93. The van der Waals surface area contributed by atoms with Crippen LogP contribution in [-0.4, -0.2) is 22.8 Å². The van der Waals surface area contributed by atoms with Crippen LogP contribution in [0.3, 0.4) is 0 Å². The quantitative estimate of drug-likeness (QED) is 0.734. The maximum absolute atomic E-state index is 10.3. The van der Waals surface area contributed by atoms with Crippen molar-refractivity contribution in [1.82, 2.24) is 5.32 Å². The maximum atomic E-state index is 10.3. The fourth-order valence-corrected chi connectivity index (χ4v) is 3.23. The van der Waals surface area contributed by atoms with Crippen LogP contribution in [0, 0.1) is 0 Å². The zero-order valence-electron chi connectivity index (χ0n) is 12.7. The summed E-state index contributed by atoms with van der Waals surface area (Å²) in [4.78, 5) is 0. The van der Waals surface area contributed by atoms with Crippen LogP contribution in [0.5, 0.6) is 5.75 Å². The van der Waals surface area contributed by atoms with E-state index in [2.05, 4.69) is 5.32 Å². The highest BCUT2D eigenvalue weighted by Crippen LogP contribution is 2.25. The number of aromatic hydroxyl groups is 1. The molecule has 1 aliphatic rings. The lowest BCUT2D eigenvalue weighted by atomic mass is 9.88. The number of phenols is 1. The first-order valence-electron chi connectivity index (χ1n) is 7.59. The summed E-state index contributed by atoms with van der Waals surface area (Å²) in [6.45, 7) is 0.499. The average molecular weight is 399 g/mol. The van der Waals surface area contributed by atoms with Crippen LogP contribution in [0.2, 0.25) is 5.02 Å². The number of hydrogen-bond donors (Lipinski definition) is 3. The fourth-order valence-electron chi connectivity index (χ4n) is 3.03. The van der Waals surface area contributed by atoms with Crippen molar-refractivity contribution < 1.29 is 10.2 Å². The van der Waals surface area contributed by atoms with Crippen molar-refractivity contribution in [2.24, 2.45) is 0 Å². The van der Waals surface area contributed by atoms with Gasteiger partial charge in [-0.2, -0.15) is 0 Å². The van der Waals surface area contributed by atoms with Crippen LogP contribution < -0.4 is 5.32 Å². The lowest BCUT2D eigenvalue weighted by Crippen LogP contribution is -2.37. The van der Waals surface area contributed by atoms with Crippen LogP contribution in [0.1, 0.15) is 29.2 Å². The third-order valence-corrected chi connectivity index (χ3v) is 4.49. The van der Waals surface area contributed by atoms with Gasteiger partial charge >= 0.3 is 0 Å². The van der Waals surface area contributed by atoms with Crippen molar-refractivity contribution in [2.75, 3.05) is 6.54 Å². The number of halogens is 2. The number of nitrogens with one attached hydrogen (secondary N) is 1. The number of benzene rings is 2. The highest BCUT2D eigenvalue weighted by atomic mass is 79.9. The molecule has 3 nitrogen and oxygen atoms in total. The van der Waals surface area contributed by atoms with E-state index in [1.807, 2.05) is 24.3 Å². The molecule has 3 rings (SSSR count). The van der Waals surface area contributed by atoms with E-state index < -0.39 is 6.10 Å². The molecule has 0 saturated carbocycles. The van der Waals surface area contributed by atoms with Gasteiger partial charge in [0.1, 0.15) is 5.75 Å². The molecule has 0 aliphatic heterocycles. The van der Waals surface area contributed by atoms with Gasteiger partial charge in [-0.3, -0.25) is 0 Å². The number of phenolic OH excluding ortho intramolecular Hbond substituents is 1. The third kappa shape index (κ3) is 4.70. The minimum atomic E-state index is -0.565. The Kier molecular flexibility index (Phi) is 6.48. The second-order valence-electron chi connectivity index (χ2n) is 5.87. The number of hydrogen-bond acceptors (Lipinski definition) is 3. The first-order chi connectivity index (χ1) is 10.6. The Hall–Kier alpha value is -1.07. The second kappa shape index (κ2) is 8.15. The Morgan fingerprint density at radius 1 is 1.17 bits per heavy atom. The monoisotopic (exact) mass is 397 g/mol. The molecular weight excluding hydrogens is 378 g/mol. The molecule has 5 heteroatoms. The van der Waals surface area contributed by atoms with Gasteiger partial charge in [-0.1, -0.05) is 29.8 Å². The second-order valence-corrected chi connectivity index (χ2v) is 6.31. The SMILES string of the molecule is Br.Oc1ccc2c(c1)CC(NCC(O)c1cccc(Cl)c1)CC2. The van der Waals surface area contributed by atoms with Crippen LogP contribution in [-0.2, 0) is 12.8 Å². The van der Waals surface area contributed by atoms with E-state index in [0.29, 0.717) is 23.4 Å². The molecule has 0 bridgehead atoms. The Morgan fingerprint density at radius 3 is 2.78 bits per heavy atom. The number of aliphatic hydroxyl groups is 1. The molecule has 0 spiro atoms. The minimum Gasteiger partial charge on any atom is -0.508 e. The molecule has 2 atom stereocenters. The van der Waals surface area contributed by atoms with Gasteiger partial charge in [-0.05, 0) is 60.2 Å². The van der Waals surface area contributed by atoms with Crippen molar-refractivity contribution in [3.63, 3.8) is 0 Å². The summed E-state index contributed by atoms with van der Waals surface area (Å²) in [7, 11) is 0. The summed E-state index contributed by atoms with van der Waals surface area (Å²) in [6, 6.07) is 13.2. The summed E-state index contributed by atoms with van der Waals surface area (Å²) in [5.41, 5.74) is 3.33. The van der Waals surface area contributed by atoms with Crippen molar-refractivity contribution in [3.8, 4) is 5.75 Å². The van der Waals surface area contributed by atoms with Gasteiger partial charge in [0.15, 0.2) is 0 Å². The highest BCUT2D eigenvalue weighted by Gasteiger charge is 2.19. The third-order valence-electron chi connectivity index (χ3n) is 4.25. The van der Waals surface area contributed by atoms with E-state index in [1.54, 1.807) is 18.2 Å². The van der Waals surface area contributed by atoms with Gasteiger partial charge in [-0.15, -0.1) is 17.0 Å². The molecule has 23 heavy (non-hydrogen) atoms. The minimum absolute atomic E-state index is 0. The Bertz CT molecular complexity index is 665. The van der Waals surface area contributed by atoms with E-state index in [9.17, 15) is 10.2 Å². The van der Waals surface area contributed by atoms with Gasteiger partial charge in [0.05, 0.1) is 6.10 Å². The Morgan fingerprint density at radius 2 is 2.00 bits per heavy atom. The summed E-state index contributed by atoms with van der Waals surface area (Å²) in [5.74, 6) is 0.318. The van der Waals surface area contributed by atoms with Gasteiger partial charge in [-0.25, -0.2) is 0 Å². The van der Waals surface area contributed by atoms with Crippen molar-refractivity contribution >= 4 is 28.6 Å². The predicted octanol–water partition coefficient (Wildman–Crippen LogP) is 3.80. The van der Waals surface area contributed by atoms with Crippen molar-refractivity contribution in [2.45, 2.75) is 31.4 Å². The first-order valence-corrected chi connectivity index (χ1v) is 7.97. The maximum Gasteiger partial charge on any atom is 0.115 e. The summed E-state index contributed by atoms with van der Waals surface area (Å²) >= 11 is 5.95. The van der Waals surface area contributed by atoms with Gasteiger partial charge in [0.25, 0.3) is 0 Å². The van der Waals surface area contributed by atoms with Crippen LogP contribution in [0.4, 0.5) is 0 Å². The molecule has 0 heterocycles. The molecule has 0 aromatic heterocycles. The summed E-state index contributed by atoms with van der Waals surface area (Å²) in [5, 5.41) is 23.9. The van der Waals surface area contributed by atoms with Crippen LogP contribution >= 0.6 is 28.6 Å². The summed E-state index contributed by atoms with van der Waals surface area (Å²) < 4.78 is 0. The van der Waals surface area contributed by atoms with Crippen LogP contribution in [0.15, 0.2) is 42.5 Å². The lowest BCUT2D eigenvalue weighted by molar-refractivity contribution is 0.168. The van der Waals surface area contributed by atoms with E-state index >= 15 is 0 Å². The molecule has 0 fully saturated rings. The molecule has 0 amide bonds. The molecule has 2 aromatic rings. The molecule has 2 aromatic carbocycles. The number of rotatable bonds is 4. The molecule has 124 valence electrons. The average Bonchev–Trinajstić information content (AvgIpc) is 2.52. The number of fused-ring (bicyclic) bond motifs is 1. The zero-order chi connectivity index (χ0) is 15.5. The van der Waals surface area contributed by atoms with Crippen LogP contribution in [0.25, 0.3) is 0 Å². The predicted molar refractivity (Wildman–Crippen MR) is 98.7 cm³/mol.